The lowest BCUT2D eigenvalue weighted by Gasteiger charge is -2.40. The molecule has 3 heteroatoms. The maximum absolute atomic E-state index is 9.58. The fraction of sp³-hybridized carbons (Fsp3) is 1.00. The molecule has 1 aliphatic heterocycles. The Kier molecular flexibility index (Phi) is 5.90. The van der Waals surface area contributed by atoms with Gasteiger partial charge in [0.25, 0.3) is 0 Å². The van der Waals surface area contributed by atoms with Crippen LogP contribution in [0.5, 0.6) is 0 Å². The quantitative estimate of drug-likeness (QED) is 0.748. The van der Waals surface area contributed by atoms with Crippen LogP contribution in [0.25, 0.3) is 0 Å². The molecule has 0 aromatic heterocycles. The second-order valence-electron chi connectivity index (χ2n) is 5.72. The lowest BCUT2D eigenvalue weighted by Crippen LogP contribution is -2.44. The standard InChI is InChI=1S/C14H29NO2/c1-4-14(5-2,11-16)10-15-8-6-13(7-9-15)12(3)17/h12-13,16-17H,4-11H2,1-3H3. The third-order valence-electron chi connectivity index (χ3n) is 4.71. The number of nitrogens with zero attached hydrogens (tertiary/aromatic N) is 1. The van der Waals surface area contributed by atoms with Gasteiger partial charge in [0.15, 0.2) is 0 Å². The van der Waals surface area contributed by atoms with Gasteiger partial charge in [-0.1, -0.05) is 13.8 Å². The van der Waals surface area contributed by atoms with E-state index in [9.17, 15) is 10.2 Å². The minimum Gasteiger partial charge on any atom is -0.396 e. The molecule has 17 heavy (non-hydrogen) atoms. The summed E-state index contributed by atoms with van der Waals surface area (Å²) in [5, 5.41) is 19.2. The van der Waals surface area contributed by atoms with Crippen LogP contribution in [-0.4, -0.2) is 47.5 Å². The monoisotopic (exact) mass is 243 g/mol. The van der Waals surface area contributed by atoms with Gasteiger partial charge in [-0.25, -0.2) is 0 Å². The Labute approximate surface area is 106 Å². The average Bonchev–Trinajstić information content (AvgIpc) is 2.37. The van der Waals surface area contributed by atoms with E-state index >= 15 is 0 Å². The highest BCUT2D eigenvalue weighted by Crippen LogP contribution is 2.29. The summed E-state index contributed by atoms with van der Waals surface area (Å²) < 4.78 is 0. The maximum atomic E-state index is 9.58. The van der Waals surface area contributed by atoms with Gasteiger partial charge >= 0.3 is 0 Å². The number of rotatable bonds is 6. The summed E-state index contributed by atoms with van der Waals surface area (Å²) in [5.41, 5.74) is 0.0810. The molecule has 0 aromatic rings. The van der Waals surface area contributed by atoms with Gasteiger partial charge < -0.3 is 15.1 Å². The zero-order chi connectivity index (χ0) is 12.9. The van der Waals surface area contributed by atoms with Gasteiger partial charge in [0.2, 0.25) is 0 Å². The van der Waals surface area contributed by atoms with Crippen LogP contribution >= 0.6 is 0 Å². The molecule has 0 bridgehead atoms. The van der Waals surface area contributed by atoms with E-state index in [1.165, 1.54) is 0 Å². The predicted octanol–water partition coefficient (Wildman–Crippen LogP) is 1.88. The molecule has 1 saturated heterocycles. The van der Waals surface area contributed by atoms with Crippen LogP contribution in [0.4, 0.5) is 0 Å². The number of hydrogen-bond acceptors (Lipinski definition) is 3. The van der Waals surface area contributed by atoms with Crippen LogP contribution < -0.4 is 0 Å². The normalized spacial score (nSPS) is 21.7. The summed E-state index contributed by atoms with van der Waals surface area (Å²) in [5.74, 6) is 0.470. The Hall–Kier alpha value is -0.120. The molecule has 0 saturated carbocycles. The minimum atomic E-state index is -0.169. The van der Waals surface area contributed by atoms with Gasteiger partial charge in [0.05, 0.1) is 6.10 Å². The highest BCUT2D eigenvalue weighted by atomic mass is 16.3. The fourth-order valence-corrected chi connectivity index (χ4v) is 2.82. The molecule has 0 radical (unpaired) electrons. The first-order valence-corrected chi connectivity index (χ1v) is 7.08. The summed E-state index contributed by atoms with van der Waals surface area (Å²) in [6.45, 7) is 9.66. The number of aliphatic hydroxyl groups is 2. The van der Waals surface area contributed by atoms with Crippen LogP contribution in [0.1, 0.15) is 46.5 Å². The van der Waals surface area contributed by atoms with Crippen molar-refractivity contribution in [1.82, 2.24) is 4.90 Å². The Morgan fingerprint density at radius 1 is 1.24 bits per heavy atom. The summed E-state index contributed by atoms with van der Waals surface area (Å²) in [6, 6.07) is 0. The Bertz CT molecular complexity index is 198. The van der Waals surface area contributed by atoms with Crippen LogP contribution in [0.2, 0.25) is 0 Å². The van der Waals surface area contributed by atoms with Crippen molar-refractivity contribution in [3.05, 3.63) is 0 Å². The molecule has 1 aliphatic rings. The van der Waals surface area contributed by atoms with Crippen molar-refractivity contribution in [2.24, 2.45) is 11.3 Å². The first kappa shape index (κ1) is 14.9. The highest BCUT2D eigenvalue weighted by Gasteiger charge is 2.30. The SMILES string of the molecule is CCC(CC)(CO)CN1CCC(C(C)O)CC1. The van der Waals surface area contributed by atoms with E-state index in [0.717, 1.165) is 45.3 Å². The molecule has 1 atom stereocenters. The molecular formula is C14H29NO2. The molecule has 2 N–H and O–H groups in total. The predicted molar refractivity (Wildman–Crippen MR) is 70.9 cm³/mol. The van der Waals surface area contributed by atoms with Crippen molar-refractivity contribution in [2.75, 3.05) is 26.2 Å². The molecular weight excluding hydrogens is 214 g/mol. The van der Waals surface area contributed by atoms with Gasteiger partial charge in [-0.2, -0.15) is 0 Å². The van der Waals surface area contributed by atoms with Crippen molar-refractivity contribution in [3.8, 4) is 0 Å². The molecule has 0 spiro atoms. The van der Waals surface area contributed by atoms with Gasteiger partial charge in [0.1, 0.15) is 0 Å². The van der Waals surface area contributed by atoms with Crippen molar-refractivity contribution in [3.63, 3.8) is 0 Å². The van der Waals surface area contributed by atoms with Gasteiger partial charge in [-0.3, -0.25) is 0 Å². The molecule has 102 valence electrons. The Morgan fingerprint density at radius 2 is 1.76 bits per heavy atom. The van der Waals surface area contributed by atoms with Crippen LogP contribution in [0, 0.1) is 11.3 Å². The summed E-state index contributed by atoms with van der Waals surface area (Å²) in [6.07, 6.45) is 4.09. The average molecular weight is 243 g/mol. The minimum absolute atomic E-state index is 0.0810. The molecule has 0 aliphatic carbocycles. The summed E-state index contributed by atoms with van der Waals surface area (Å²) in [7, 11) is 0. The van der Waals surface area contributed by atoms with Crippen LogP contribution in [-0.2, 0) is 0 Å². The third kappa shape index (κ3) is 3.94. The molecule has 1 unspecified atom stereocenters. The Morgan fingerprint density at radius 3 is 2.12 bits per heavy atom. The van der Waals surface area contributed by atoms with Crippen molar-refractivity contribution < 1.29 is 10.2 Å². The molecule has 3 nitrogen and oxygen atoms in total. The zero-order valence-corrected chi connectivity index (χ0v) is 11.7. The number of hydrogen-bond donors (Lipinski definition) is 2. The van der Waals surface area contributed by atoms with Crippen LogP contribution in [0.15, 0.2) is 0 Å². The topological polar surface area (TPSA) is 43.7 Å². The number of aliphatic hydroxyl groups excluding tert-OH is 2. The van der Waals surface area contributed by atoms with Crippen LogP contribution in [0.3, 0.4) is 0 Å². The lowest BCUT2D eigenvalue weighted by atomic mass is 9.81. The molecule has 0 amide bonds. The maximum Gasteiger partial charge on any atom is 0.0541 e. The molecule has 0 aromatic carbocycles. The number of piperidine rings is 1. The van der Waals surface area contributed by atoms with E-state index in [-0.39, 0.29) is 18.1 Å². The lowest BCUT2D eigenvalue weighted by molar-refractivity contribution is 0.0283. The highest BCUT2D eigenvalue weighted by molar-refractivity contribution is 4.83. The molecule has 1 rings (SSSR count). The van der Waals surface area contributed by atoms with E-state index in [2.05, 4.69) is 18.7 Å². The van der Waals surface area contributed by atoms with E-state index in [1.807, 2.05) is 6.92 Å². The van der Waals surface area contributed by atoms with Gasteiger partial charge in [0, 0.05) is 18.6 Å². The fourth-order valence-electron chi connectivity index (χ4n) is 2.82. The third-order valence-corrected chi connectivity index (χ3v) is 4.71. The van der Waals surface area contributed by atoms with Crippen molar-refractivity contribution in [1.29, 1.82) is 0 Å². The first-order chi connectivity index (χ1) is 8.06. The summed E-state index contributed by atoms with van der Waals surface area (Å²) >= 11 is 0. The first-order valence-electron chi connectivity index (χ1n) is 7.08. The zero-order valence-electron chi connectivity index (χ0n) is 11.7. The largest absolute Gasteiger partial charge is 0.396 e. The second kappa shape index (κ2) is 6.72. The summed E-state index contributed by atoms with van der Waals surface area (Å²) in [4.78, 5) is 2.46. The van der Waals surface area contributed by atoms with E-state index in [1.54, 1.807) is 0 Å². The van der Waals surface area contributed by atoms with Crippen molar-refractivity contribution >= 4 is 0 Å². The van der Waals surface area contributed by atoms with Crippen molar-refractivity contribution in [2.45, 2.75) is 52.6 Å². The molecule has 1 fully saturated rings. The second-order valence-corrected chi connectivity index (χ2v) is 5.72. The van der Waals surface area contributed by atoms with E-state index < -0.39 is 0 Å². The van der Waals surface area contributed by atoms with E-state index in [0.29, 0.717) is 5.92 Å². The van der Waals surface area contributed by atoms with Gasteiger partial charge in [-0.05, 0) is 51.6 Å². The number of likely N-dealkylation sites (tertiary alicyclic amines) is 1. The van der Waals surface area contributed by atoms with E-state index in [4.69, 9.17) is 0 Å². The smallest absolute Gasteiger partial charge is 0.0541 e. The van der Waals surface area contributed by atoms with Gasteiger partial charge in [-0.15, -0.1) is 0 Å². The Balaban J connectivity index is 2.44. The molecule has 1 heterocycles.